The number of hydrogen-bond acceptors (Lipinski definition) is 8. The highest BCUT2D eigenvalue weighted by atomic mass is 16.4. The molecule has 5 rings (SSSR count). The number of carboxylic acid groups (broad SMARTS) is 1. The van der Waals surface area contributed by atoms with E-state index in [1.807, 2.05) is 56.3 Å². The molecule has 4 aromatic rings. The molecule has 1 atom stereocenters. The second kappa shape index (κ2) is 14.2. The number of carboxylic acids is 1. The van der Waals surface area contributed by atoms with Crippen molar-refractivity contribution < 1.29 is 24.6 Å². The van der Waals surface area contributed by atoms with Crippen LogP contribution in [-0.4, -0.2) is 62.5 Å². The number of rotatable bonds is 12. The maximum Gasteiger partial charge on any atom is 0.317 e. The number of hydrogen-bond donors (Lipinski definition) is 6. The molecule has 3 heterocycles. The van der Waals surface area contributed by atoms with E-state index in [9.17, 15) is 14.4 Å². The first-order chi connectivity index (χ1) is 21.7. The smallest absolute Gasteiger partial charge is 0.317 e. The number of aliphatic hydroxyl groups is 1. The Labute approximate surface area is 260 Å². The maximum atomic E-state index is 13.3. The third-order valence-corrected chi connectivity index (χ3v) is 7.89. The van der Waals surface area contributed by atoms with Gasteiger partial charge in [-0.15, -0.1) is 0 Å². The van der Waals surface area contributed by atoms with Gasteiger partial charge in [0.25, 0.3) is 11.8 Å². The molecule has 0 saturated carbocycles. The Bertz CT molecular complexity index is 1700. The van der Waals surface area contributed by atoms with E-state index in [0.29, 0.717) is 31.0 Å². The summed E-state index contributed by atoms with van der Waals surface area (Å²) in [4.78, 5) is 41.7. The van der Waals surface area contributed by atoms with Crippen molar-refractivity contribution in [3.8, 4) is 11.1 Å². The normalized spacial score (nSPS) is 14.1. The number of aromatic nitrogens is 3. The van der Waals surface area contributed by atoms with Crippen LogP contribution >= 0.6 is 0 Å². The Hall–Kier alpha value is -4.91. The number of benzene rings is 2. The second-order valence-corrected chi connectivity index (χ2v) is 11.0. The molecule has 1 aliphatic heterocycles. The van der Waals surface area contributed by atoms with Crippen LogP contribution in [0.4, 0.5) is 11.4 Å². The van der Waals surface area contributed by atoms with Gasteiger partial charge in [0.15, 0.2) is 5.69 Å². The number of amides is 2. The average molecular weight is 612 g/mol. The van der Waals surface area contributed by atoms with Gasteiger partial charge in [-0.1, -0.05) is 30.3 Å². The summed E-state index contributed by atoms with van der Waals surface area (Å²) < 4.78 is 1.77. The fraction of sp³-hybridized carbons (Fsp3) is 0.303. The lowest BCUT2D eigenvalue weighted by Gasteiger charge is -2.23. The number of nitrogens with zero attached hydrogens (tertiary/aromatic N) is 3. The molecule has 12 nitrogen and oxygen atoms in total. The van der Waals surface area contributed by atoms with Crippen molar-refractivity contribution in [2.75, 3.05) is 30.3 Å². The van der Waals surface area contributed by atoms with Gasteiger partial charge in [-0.25, -0.2) is 0 Å². The third-order valence-electron chi connectivity index (χ3n) is 7.89. The molecule has 0 saturated heterocycles. The van der Waals surface area contributed by atoms with E-state index in [4.69, 9.17) is 10.2 Å². The summed E-state index contributed by atoms with van der Waals surface area (Å²) in [6.45, 7) is 5.45. The first-order valence-electron chi connectivity index (χ1n) is 14.9. The molecule has 0 spiro atoms. The number of pyridine rings is 1. The Morgan fingerprint density at radius 3 is 2.20 bits per heavy atom. The molecule has 234 valence electrons. The molecule has 6 N–H and O–H groups in total. The topological polar surface area (TPSA) is 170 Å². The largest absolute Gasteiger partial charge is 0.480 e. The zero-order chi connectivity index (χ0) is 31.9. The van der Waals surface area contributed by atoms with Gasteiger partial charge in [0.05, 0.1) is 18.8 Å². The predicted octanol–water partition coefficient (Wildman–Crippen LogP) is 3.66. The number of fused-ring (bicyclic) bond motifs is 1. The molecule has 0 bridgehead atoms. The standard InChI is InChI=1S/C33H37N7O5/c1-20-23(6-3-8-25(20)37-32(44)28-12-11-22(18-35-28)17-34-13-15-41)24-7-4-9-26(21(24)2)38-33(45)29-16-30-27(36-19-31(42)43)10-5-14-40(30)39-29/h3-4,6-9,11-12,16,18,27,34,36,41H,5,10,13-15,17,19H2,1-2H3,(H,37,44)(H,38,45)(H,42,43). The van der Waals surface area contributed by atoms with Crippen LogP contribution in [0.3, 0.4) is 0 Å². The zero-order valence-corrected chi connectivity index (χ0v) is 25.3. The van der Waals surface area contributed by atoms with E-state index in [1.165, 1.54) is 0 Å². The number of carbonyl (C=O) groups excluding carboxylic acids is 2. The SMILES string of the molecule is Cc1c(NC(=O)c2ccc(CNCCO)cn2)cccc1-c1cccc(NC(=O)c2cc3n(n2)CCCC3NCC(=O)O)c1C. The van der Waals surface area contributed by atoms with Gasteiger partial charge in [0, 0.05) is 43.2 Å². The Balaban J connectivity index is 1.31. The quantitative estimate of drug-likeness (QED) is 0.131. The van der Waals surface area contributed by atoms with E-state index in [0.717, 1.165) is 46.4 Å². The minimum absolute atomic E-state index is 0.0506. The van der Waals surface area contributed by atoms with E-state index >= 15 is 0 Å². The molecule has 1 unspecified atom stereocenters. The molecule has 2 amide bonds. The van der Waals surface area contributed by atoms with E-state index < -0.39 is 5.97 Å². The van der Waals surface area contributed by atoms with Crippen molar-refractivity contribution in [2.45, 2.75) is 45.8 Å². The van der Waals surface area contributed by atoms with Crippen molar-refractivity contribution >= 4 is 29.2 Å². The van der Waals surface area contributed by atoms with Gasteiger partial charge in [-0.3, -0.25) is 29.4 Å². The maximum absolute atomic E-state index is 13.3. The first kappa shape index (κ1) is 31.5. The summed E-state index contributed by atoms with van der Waals surface area (Å²) in [5, 5.41) is 34.5. The lowest BCUT2D eigenvalue weighted by atomic mass is 9.94. The van der Waals surface area contributed by atoms with E-state index in [1.54, 1.807) is 23.0 Å². The highest BCUT2D eigenvalue weighted by Gasteiger charge is 2.25. The molecule has 2 aromatic carbocycles. The molecule has 0 radical (unpaired) electrons. The number of anilines is 2. The molecular formula is C33H37N7O5. The predicted molar refractivity (Wildman–Crippen MR) is 170 cm³/mol. The summed E-state index contributed by atoms with van der Waals surface area (Å²) >= 11 is 0. The summed E-state index contributed by atoms with van der Waals surface area (Å²) in [5.41, 5.74) is 7.08. The Morgan fingerprint density at radius 2 is 1.60 bits per heavy atom. The number of aliphatic carboxylic acids is 1. The average Bonchev–Trinajstić information content (AvgIpc) is 3.48. The minimum Gasteiger partial charge on any atom is -0.480 e. The molecule has 0 aliphatic carbocycles. The number of aryl methyl sites for hydroxylation is 1. The van der Waals surface area contributed by atoms with Gasteiger partial charge in [0.2, 0.25) is 0 Å². The van der Waals surface area contributed by atoms with Gasteiger partial charge in [-0.2, -0.15) is 5.10 Å². The van der Waals surface area contributed by atoms with Crippen LogP contribution in [0, 0.1) is 13.8 Å². The van der Waals surface area contributed by atoms with E-state index in [2.05, 4.69) is 31.3 Å². The number of carbonyl (C=O) groups is 3. The molecule has 0 fully saturated rings. The van der Waals surface area contributed by atoms with E-state index in [-0.39, 0.29) is 42.4 Å². The summed E-state index contributed by atoms with van der Waals surface area (Å²) in [6, 6.07) is 16.4. The van der Waals surface area contributed by atoms with Crippen LogP contribution in [0.25, 0.3) is 11.1 Å². The minimum atomic E-state index is -0.936. The lowest BCUT2D eigenvalue weighted by Crippen LogP contribution is -2.31. The van der Waals surface area contributed by atoms with Crippen molar-refractivity contribution in [2.24, 2.45) is 0 Å². The second-order valence-electron chi connectivity index (χ2n) is 11.0. The highest BCUT2D eigenvalue weighted by Crippen LogP contribution is 2.34. The summed E-state index contributed by atoms with van der Waals surface area (Å²) in [5.74, 6) is -1.62. The number of aliphatic hydroxyl groups excluding tert-OH is 1. The van der Waals surface area contributed by atoms with Crippen LogP contribution < -0.4 is 21.3 Å². The monoisotopic (exact) mass is 611 g/mol. The number of nitrogens with one attached hydrogen (secondary N) is 4. The fourth-order valence-electron chi connectivity index (χ4n) is 5.49. The zero-order valence-electron chi connectivity index (χ0n) is 25.3. The van der Waals surface area contributed by atoms with Crippen LogP contribution in [0.5, 0.6) is 0 Å². The first-order valence-corrected chi connectivity index (χ1v) is 14.9. The van der Waals surface area contributed by atoms with Crippen molar-refractivity contribution in [3.05, 3.63) is 94.6 Å². The summed E-state index contributed by atoms with van der Waals surface area (Å²) in [7, 11) is 0. The van der Waals surface area contributed by atoms with Crippen LogP contribution in [0.15, 0.2) is 60.8 Å². The Morgan fingerprint density at radius 1 is 0.933 bits per heavy atom. The fourth-order valence-corrected chi connectivity index (χ4v) is 5.49. The summed E-state index contributed by atoms with van der Waals surface area (Å²) in [6.07, 6.45) is 3.24. The van der Waals surface area contributed by atoms with Crippen LogP contribution in [0.1, 0.15) is 62.2 Å². The van der Waals surface area contributed by atoms with Gasteiger partial charge < -0.3 is 26.2 Å². The highest BCUT2D eigenvalue weighted by molar-refractivity contribution is 6.05. The molecule has 1 aliphatic rings. The van der Waals surface area contributed by atoms with Crippen LogP contribution in [-0.2, 0) is 17.9 Å². The van der Waals surface area contributed by atoms with Gasteiger partial charge >= 0.3 is 5.97 Å². The van der Waals surface area contributed by atoms with Crippen LogP contribution in [0.2, 0.25) is 0 Å². The molecule has 45 heavy (non-hydrogen) atoms. The van der Waals surface area contributed by atoms with Gasteiger partial charge in [-0.05, 0) is 78.8 Å². The van der Waals surface area contributed by atoms with Crippen molar-refractivity contribution in [1.29, 1.82) is 0 Å². The third kappa shape index (κ3) is 7.43. The molecular weight excluding hydrogens is 574 g/mol. The molecule has 12 heteroatoms. The van der Waals surface area contributed by atoms with Gasteiger partial charge in [0.1, 0.15) is 5.69 Å². The lowest BCUT2D eigenvalue weighted by molar-refractivity contribution is -0.136. The molecule has 2 aromatic heterocycles. The van der Waals surface area contributed by atoms with Crippen molar-refractivity contribution in [1.82, 2.24) is 25.4 Å². The van der Waals surface area contributed by atoms with Crippen molar-refractivity contribution in [3.63, 3.8) is 0 Å². The Kier molecular flexibility index (Phi) is 9.98.